The van der Waals surface area contributed by atoms with Crippen molar-refractivity contribution in [3.05, 3.63) is 47.2 Å². The Morgan fingerprint density at radius 3 is 2.66 bits per heavy atom. The number of aliphatic hydroxyl groups excluding tert-OH is 1. The topological polar surface area (TPSA) is 304 Å². The van der Waals surface area contributed by atoms with Crippen molar-refractivity contribution < 1.29 is 56.1 Å². The minimum absolute atomic E-state index is 0.0449. The number of ether oxygens (including phenoxy) is 1. The molecule has 0 unspecified atom stereocenters. The highest BCUT2D eigenvalue weighted by Crippen LogP contribution is 2.37. The predicted molar refractivity (Wildman–Crippen MR) is 185 cm³/mol. The maximum absolute atomic E-state index is 13.5. The van der Waals surface area contributed by atoms with Gasteiger partial charge in [-0.15, -0.1) is 16.0 Å². The van der Waals surface area contributed by atoms with Gasteiger partial charge in [-0.05, 0) is 63.4 Å². The van der Waals surface area contributed by atoms with E-state index in [4.69, 9.17) is 26.8 Å². The van der Waals surface area contributed by atoms with Gasteiger partial charge < -0.3 is 46.9 Å². The standard InChI is InChI=1S/C31H41N9O11S2/c1-30(2)25(27(43)40(30)51-53(46,47)48)36-26(42)24(21-16-52-29(34)35-21)37-50-31(3,28(44)45)23-8-6-18-11-17(5-7-22(18)49-23)19-13-38(10-4-9-32)39(14-19)15-20(41)12-33/h5,7,11,13-14,16,20,23,25,41H,4,6,8-10,12,15,32-33H2,1-3H3,(H4-,34,35,36,42,44,45,46,47,48)/b37-24-/t20-,23+,25+,31-/m0/s1. The summed E-state index contributed by atoms with van der Waals surface area (Å²) in [5.41, 5.74) is 15.4. The number of aliphatic hydroxyl groups is 1. The molecule has 4 heterocycles. The van der Waals surface area contributed by atoms with Crippen LogP contribution in [0.15, 0.2) is 41.1 Å². The summed E-state index contributed by atoms with van der Waals surface area (Å²) in [5, 5.41) is 28.5. The number of hydroxylamine groups is 2. The highest BCUT2D eigenvalue weighted by atomic mass is 32.3. The van der Waals surface area contributed by atoms with E-state index in [0.29, 0.717) is 36.9 Å². The predicted octanol–water partition coefficient (Wildman–Crippen LogP) is -1.40. The fraction of sp³-hybridized carbons (Fsp3) is 0.484. The Morgan fingerprint density at radius 1 is 1.32 bits per heavy atom. The zero-order valence-corrected chi connectivity index (χ0v) is 30.6. The normalized spacial score (nSPS) is 20.1. The number of fused-ring (bicyclic) bond motifs is 1. The molecular weight excluding hydrogens is 739 g/mol. The number of carbonyl (C=O) groups excluding carboxylic acids is 2. The average Bonchev–Trinajstić information content (AvgIpc) is 3.72. The van der Waals surface area contributed by atoms with Crippen LogP contribution in [0.4, 0.5) is 5.13 Å². The molecule has 9 N–H and O–H groups in total. The number of nitrogens with one attached hydrogen (secondary N) is 1. The van der Waals surface area contributed by atoms with E-state index >= 15 is 0 Å². The molecule has 2 aromatic heterocycles. The van der Waals surface area contributed by atoms with Crippen LogP contribution in [0, 0.1) is 0 Å². The summed E-state index contributed by atoms with van der Waals surface area (Å²) in [6, 6.07) is 4.10. The van der Waals surface area contributed by atoms with Gasteiger partial charge in [0.05, 0.1) is 23.4 Å². The number of thiazole rings is 1. The quantitative estimate of drug-likeness (QED) is 0.0243. The minimum Gasteiger partial charge on any atom is -0.724 e. The first-order valence-electron chi connectivity index (χ1n) is 16.4. The van der Waals surface area contributed by atoms with Gasteiger partial charge in [-0.1, -0.05) is 11.2 Å². The fourth-order valence-corrected chi connectivity index (χ4v) is 6.89. The minimum atomic E-state index is -5.29. The Balaban J connectivity index is 1.36. The van der Waals surface area contributed by atoms with Gasteiger partial charge in [-0.3, -0.25) is 9.59 Å². The number of oxime groups is 1. The number of nitrogens with zero attached hydrogens (tertiary/aromatic N) is 5. The average molecular weight is 780 g/mol. The number of aromatic nitrogens is 3. The molecule has 0 saturated carbocycles. The number of nitrogens with two attached hydrogens (primary N) is 3. The Labute approximate surface area is 308 Å². The third kappa shape index (κ3) is 8.43. The van der Waals surface area contributed by atoms with Gasteiger partial charge in [0.1, 0.15) is 24.0 Å². The molecule has 4 atom stereocenters. The van der Waals surface area contributed by atoms with Crippen LogP contribution in [-0.4, -0.2) is 104 Å². The summed E-state index contributed by atoms with van der Waals surface area (Å²) in [5.74, 6) is -3.12. The zero-order chi connectivity index (χ0) is 38.9. The lowest BCUT2D eigenvalue weighted by Crippen LogP contribution is -2.76. The molecule has 20 nitrogen and oxygen atoms in total. The molecule has 0 radical (unpaired) electrons. The number of benzene rings is 1. The molecule has 3 aromatic rings. The lowest BCUT2D eigenvalue weighted by Gasteiger charge is -2.51. The van der Waals surface area contributed by atoms with Crippen molar-refractivity contribution in [2.24, 2.45) is 16.6 Å². The number of hydrogen-bond acceptors (Lipinski definition) is 16. The van der Waals surface area contributed by atoms with Gasteiger partial charge in [0.25, 0.3) is 17.4 Å². The third-order valence-corrected chi connectivity index (χ3v) is 9.98. The molecular formula is C31H41N9O11S2. The van der Waals surface area contributed by atoms with Crippen LogP contribution < -0.4 is 31.9 Å². The van der Waals surface area contributed by atoms with Crippen LogP contribution in [0.2, 0.25) is 0 Å². The number of β-lactam (4-membered cyclic amide) rings is 1. The van der Waals surface area contributed by atoms with Crippen LogP contribution in [0.5, 0.6) is 5.75 Å². The lowest BCUT2D eigenvalue weighted by atomic mass is 9.84. The van der Waals surface area contributed by atoms with Crippen LogP contribution in [0.1, 0.15) is 44.9 Å². The van der Waals surface area contributed by atoms with Crippen LogP contribution in [0.25, 0.3) is 11.1 Å². The number of carboxylic acid groups (broad SMARTS) is 1. The second-order valence-electron chi connectivity index (χ2n) is 13.2. The van der Waals surface area contributed by atoms with E-state index in [1.807, 2.05) is 33.9 Å². The Kier molecular flexibility index (Phi) is 11.4. The molecule has 22 heteroatoms. The molecule has 5 rings (SSSR count). The molecule has 0 spiro atoms. The summed E-state index contributed by atoms with van der Waals surface area (Å²) < 4.78 is 47.5. The first-order chi connectivity index (χ1) is 24.9. The van der Waals surface area contributed by atoms with E-state index in [1.165, 1.54) is 26.2 Å². The number of carbonyl (C=O) groups is 3. The van der Waals surface area contributed by atoms with Gasteiger partial charge in [0, 0.05) is 18.3 Å². The molecule has 2 aliphatic rings. The Bertz CT molecular complexity index is 2020. The van der Waals surface area contributed by atoms with Gasteiger partial charge in [0.2, 0.25) is 16.6 Å². The van der Waals surface area contributed by atoms with Crippen molar-refractivity contribution in [2.45, 2.75) is 82.5 Å². The number of hydrogen-bond donors (Lipinski definition) is 6. The van der Waals surface area contributed by atoms with Gasteiger partial charge >= 0.3 is 5.97 Å². The van der Waals surface area contributed by atoms with Crippen molar-refractivity contribution >= 4 is 50.4 Å². The molecule has 53 heavy (non-hydrogen) atoms. The van der Waals surface area contributed by atoms with Crippen molar-refractivity contribution in [2.75, 3.05) is 18.8 Å². The number of carboxylic acids is 1. The van der Waals surface area contributed by atoms with Crippen LogP contribution >= 0.6 is 11.3 Å². The summed E-state index contributed by atoms with van der Waals surface area (Å²) >= 11 is 0.953. The van der Waals surface area contributed by atoms with Crippen LogP contribution in [0.3, 0.4) is 0 Å². The Morgan fingerprint density at radius 2 is 2.06 bits per heavy atom. The van der Waals surface area contributed by atoms with E-state index in [9.17, 15) is 37.6 Å². The largest absolute Gasteiger partial charge is 0.724 e. The Hall–Kier alpha value is -4.71. The highest BCUT2D eigenvalue weighted by molar-refractivity contribution is 7.80. The molecule has 1 aromatic carbocycles. The van der Waals surface area contributed by atoms with Gasteiger partial charge in [-0.25, -0.2) is 18.2 Å². The number of amides is 2. The van der Waals surface area contributed by atoms with Crippen molar-refractivity contribution in [3.8, 4) is 16.9 Å². The maximum Gasteiger partial charge on any atom is 0.354 e. The highest BCUT2D eigenvalue weighted by Gasteiger charge is 2.57. The molecule has 288 valence electrons. The smallest absolute Gasteiger partial charge is 0.354 e. The third-order valence-electron chi connectivity index (χ3n) is 8.97. The second kappa shape index (κ2) is 15.3. The lowest BCUT2D eigenvalue weighted by molar-refractivity contribution is -0.775. The molecule has 2 aliphatic heterocycles. The first-order valence-corrected chi connectivity index (χ1v) is 18.6. The molecule has 2 amide bonds. The van der Waals surface area contributed by atoms with E-state index in [1.54, 1.807) is 6.07 Å². The molecule has 0 aliphatic carbocycles. The number of nitrogen functional groups attached to an aromatic ring is 1. The van der Waals surface area contributed by atoms with E-state index < -0.39 is 63.3 Å². The molecule has 0 bridgehead atoms. The van der Waals surface area contributed by atoms with Crippen LogP contribution in [-0.2, 0) is 53.4 Å². The zero-order valence-electron chi connectivity index (χ0n) is 29.0. The SMILES string of the molecule is CC1(C)[C@H](NC(=O)/C(=N\O[C@](C)(C(=O)O)[C@H]2CCc3cc(-c4cn(C[C@@H](O)CN)[n+](CCCN)c4)ccc3O2)c2csc(N)n2)C(=O)N1OS(=O)(=O)[O-]. The number of aryl methyl sites for hydroxylation is 2. The second-order valence-corrected chi connectivity index (χ2v) is 15.0. The van der Waals surface area contributed by atoms with Crippen molar-refractivity contribution in [1.82, 2.24) is 20.0 Å². The monoisotopic (exact) mass is 779 g/mol. The first kappa shape index (κ1) is 39.5. The summed E-state index contributed by atoms with van der Waals surface area (Å²) in [4.78, 5) is 48.5. The van der Waals surface area contributed by atoms with E-state index in [0.717, 1.165) is 34.4 Å². The summed E-state index contributed by atoms with van der Waals surface area (Å²) in [6.45, 7) is 5.46. The number of anilines is 1. The molecule has 1 fully saturated rings. The number of aliphatic carboxylic acids is 1. The van der Waals surface area contributed by atoms with E-state index in [2.05, 4.69) is 19.7 Å². The maximum atomic E-state index is 13.5. The van der Waals surface area contributed by atoms with E-state index in [-0.39, 0.29) is 23.8 Å². The molecule has 1 saturated heterocycles. The van der Waals surface area contributed by atoms with Crippen molar-refractivity contribution in [3.63, 3.8) is 0 Å². The van der Waals surface area contributed by atoms with Crippen molar-refractivity contribution in [1.29, 1.82) is 0 Å². The van der Waals surface area contributed by atoms with Gasteiger partial charge in [-0.2, -0.15) is 14.0 Å². The fourth-order valence-electron chi connectivity index (χ4n) is 5.90. The van der Waals surface area contributed by atoms with Gasteiger partial charge in [0.15, 0.2) is 23.5 Å². The number of rotatable bonds is 16. The summed E-state index contributed by atoms with van der Waals surface area (Å²) in [7, 11) is -5.29. The summed E-state index contributed by atoms with van der Waals surface area (Å²) in [6.07, 6.45) is 3.35.